The topological polar surface area (TPSA) is 79.1 Å². The molecule has 0 saturated heterocycles. The van der Waals surface area contributed by atoms with Gasteiger partial charge in [-0.2, -0.15) is 13.2 Å². The van der Waals surface area contributed by atoms with Gasteiger partial charge in [-0.1, -0.05) is 0 Å². The van der Waals surface area contributed by atoms with Gasteiger partial charge in [0.25, 0.3) is 0 Å². The van der Waals surface area contributed by atoms with Gasteiger partial charge in [-0.25, -0.2) is 0 Å². The minimum absolute atomic E-state index is 0.287. The minimum Gasteiger partial charge on any atom is -0.376 e. The number of nitrogens with two attached hydrogens (primary N) is 2. The highest BCUT2D eigenvalue weighted by molar-refractivity contribution is 7.80. The van der Waals surface area contributed by atoms with Gasteiger partial charge in [-0.15, -0.1) is 0 Å². The van der Waals surface area contributed by atoms with Crippen LogP contribution in [0, 0.1) is 5.41 Å². The van der Waals surface area contributed by atoms with E-state index in [1.807, 2.05) is 0 Å². The summed E-state index contributed by atoms with van der Waals surface area (Å²) in [4.78, 5) is 0.287. The number of thiocarbonyl (C=S) groups is 1. The molecule has 8 heteroatoms. The number of alkyl halides is 3. The number of nitrogens with one attached hydrogen (secondary N) is 1. The van der Waals surface area contributed by atoms with Crippen LogP contribution in [0.3, 0.4) is 0 Å². The van der Waals surface area contributed by atoms with E-state index in [1.165, 1.54) is 0 Å². The summed E-state index contributed by atoms with van der Waals surface area (Å²) in [5.74, 6) is -0.820. The van der Waals surface area contributed by atoms with Crippen molar-refractivity contribution < 1.29 is 13.2 Å². The highest BCUT2D eigenvalue weighted by Gasteiger charge is 2.32. The first-order chi connectivity index (χ1) is 5.24. The molecular weight excluding hydrogens is 193 g/mol. The van der Waals surface area contributed by atoms with Crippen molar-refractivity contribution in [2.24, 2.45) is 11.5 Å². The molecule has 5 N–H and O–H groups in total. The average molecular weight is 200 g/mol. The minimum atomic E-state index is -4.48. The Morgan fingerprint density at radius 2 is 1.83 bits per heavy atom. The van der Waals surface area contributed by atoms with Crippen LogP contribution in [0.5, 0.6) is 0 Å². The van der Waals surface area contributed by atoms with Crippen LogP contribution in [0.25, 0.3) is 0 Å². The Bertz CT molecular complexity index is 187. The lowest BCUT2D eigenvalue weighted by molar-refractivity contribution is -0.132. The van der Waals surface area contributed by atoms with Gasteiger partial charge >= 0.3 is 6.18 Å². The maximum absolute atomic E-state index is 11.7. The fraction of sp³-hybridized carbons (Fsp3) is 0.500. The molecule has 0 atom stereocenters. The first-order valence-corrected chi connectivity index (χ1v) is 3.12. The number of halogens is 3. The van der Waals surface area contributed by atoms with Gasteiger partial charge < -0.3 is 11.5 Å². The van der Waals surface area contributed by atoms with Crippen molar-refractivity contribution in [2.45, 2.75) is 6.18 Å². The van der Waals surface area contributed by atoms with E-state index in [0.717, 1.165) is 0 Å². The van der Waals surface area contributed by atoms with Crippen LogP contribution >= 0.6 is 12.2 Å². The van der Waals surface area contributed by atoms with Gasteiger partial charge in [-0.05, 0) is 12.2 Å². The van der Waals surface area contributed by atoms with E-state index in [0.29, 0.717) is 0 Å². The third kappa shape index (κ3) is 3.96. The Kier molecular flexibility index (Phi) is 3.25. The lowest BCUT2D eigenvalue weighted by Crippen LogP contribution is -2.48. The number of nitrogens with zero attached hydrogens (tertiary/aromatic N) is 1. The van der Waals surface area contributed by atoms with Crippen molar-refractivity contribution in [3.05, 3.63) is 0 Å². The van der Waals surface area contributed by atoms with E-state index in [4.69, 9.17) is 16.9 Å². The molecule has 0 aliphatic rings. The van der Waals surface area contributed by atoms with Gasteiger partial charge in [0.05, 0.1) is 0 Å². The molecule has 70 valence electrons. The number of hydrogen-bond acceptors (Lipinski definition) is 2. The summed E-state index contributed by atoms with van der Waals surface area (Å²) in [6.07, 6.45) is -4.48. The molecule has 0 rings (SSSR count). The fourth-order valence-corrected chi connectivity index (χ4v) is 0.624. The molecule has 0 heterocycles. The molecule has 4 nitrogen and oxygen atoms in total. The molecule has 0 aliphatic heterocycles. The summed E-state index contributed by atoms with van der Waals surface area (Å²) < 4.78 is 35.2. The van der Waals surface area contributed by atoms with Crippen LogP contribution in [-0.4, -0.2) is 28.7 Å². The molecule has 0 aliphatic carbocycles. The molecule has 0 unspecified atom stereocenters. The van der Waals surface area contributed by atoms with E-state index >= 15 is 0 Å². The molecule has 0 aromatic heterocycles. The second-order valence-corrected chi connectivity index (χ2v) is 2.34. The molecule has 0 bridgehead atoms. The van der Waals surface area contributed by atoms with Crippen molar-refractivity contribution in [1.29, 1.82) is 5.41 Å². The molecule has 12 heavy (non-hydrogen) atoms. The number of rotatable bonds is 1. The van der Waals surface area contributed by atoms with Crippen molar-refractivity contribution in [3.63, 3.8) is 0 Å². The lowest BCUT2D eigenvalue weighted by atomic mass is 10.5. The zero-order chi connectivity index (χ0) is 9.94. The second-order valence-electron chi connectivity index (χ2n) is 1.92. The van der Waals surface area contributed by atoms with Crippen molar-refractivity contribution in [3.8, 4) is 0 Å². The standard InChI is InChI=1S/C4H7F3N4S/c5-4(6,7)1-11(2(8)9)3(10)12/h1H2,(H3,8,9)(H2,10,12). The Labute approximate surface area is 71.8 Å². The molecule has 0 aromatic rings. The molecule has 0 spiro atoms. The maximum atomic E-state index is 11.7. The first kappa shape index (κ1) is 11.0. The predicted octanol–water partition coefficient (Wildman–Crippen LogP) is -0.0122. The zero-order valence-corrected chi connectivity index (χ0v) is 6.67. The lowest BCUT2D eigenvalue weighted by Gasteiger charge is -2.21. The third-order valence-corrected chi connectivity index (χ3v) is 1.11. The van der Waals surface area contributed by atoms with Gasteiger partial charge in [0.15, 0.2) is 11.1 Å². The smallest absolute Gasteiger partial charge is 0.376 e. The van der Waals surface area contributed by atoms with Gasteiger partial charge in [-0.3, -0.25) is 10.3 Å². The molecule has 0 aromatic carbocycles. The van der Waals surface area contributed by atoms with E-state index in [2.05, 4.69) is 12.2 Å². The highest BCUT2D eigenvalue weighted by Crippen LogP contribution is 2.15. The van der Waals surface area contributed by atoms with E-state index < -0.39 is 23.8 Å². The third-order valence-electron chi connectivity index (χ3n) is 0.894. The van der Waals surface area contributed by atoms with Gasteiger partial charge in [0.2, 0.25) is 0 Å². The number of guanidine groups is 1. The first-order valence-electron chi connectivity index (χ1n) is 2.72. The highest BCUT2D eigenvalue weighted by atomic mass is 32.1. The normalized spacial score (nSPS) is 10.9. The van der Waals surface area contributed by atoms with Crippen LogP contribution in [0.2, 0.25) is 0 Å². The zero-order valence-electron chi connectivity index (χ0n) is 5.85. The van der Waals surface area contributed by atoms with Crippen LogP contribution < -0.4 is 11.5 Å². The van der Waals surface area contributed by atoms with Crippen molar-refractivity contribution in [2.75, 3.05) is 6.54 Å². The predicted molar refractivity (Wildman–Crippen MR) is 41.5 cm³/mol. The largest absolute Gasteiger partial charge is 0.406 e. The van der Waals surface area contributed by atoms with Crippen molar-refractivity contribution >= 4 is 23.3 Å². The maximum Gasteiger partial charge on any atom is 0.406 e. The van der Waals surface area contributed by atoms with E-state index in [-0.39, 0.29) is 4.90 Å². The van der Waals surface area contributed by atoms with Gasteiger partial charge in [0, 0.05) is 0 Å². The monoisotopic (exact) mass is 200 g/mol. The Hall–Kier alpha value is -1.05. The molecule has 0 radical (unpaired) electrons. The van der Waals surface area contributed by atoms with Crippen LogP contribution in [0.15, 0.2) is 0 Å². The molecule has 0 amide bonds. The Morgan fingerprint density at radius 1 is 1.42 bits per heavy atom. The summed E-state index contributed by atoms with van der Waals surface area (Å²) >= 11 is 4.24. The fourth-order valence-electron chi connectivity index (χ4n) is 0.461. The van der Waals surface area contributed by atoms with E-state index in [9.17, 15) is 13.2 Å². The number of hydrogen-bond donors (Lipinski definition) is 3. The summed E-state index contributed by atoms with van der Waals surface area (Å²) in [7, 11) is 0. The van der Waals surface area contributed by atoms with Crippen molar-refractivity contribution in [1.82, 2.24) is 4.90 Å². The molecule has 0 saturated carbocycles. The summed E-state index contributed by atoms with van der Waals surface area (Å²) in [5.41, 5.74) is 9.67. The summed E-state index contributed by atoms with van der Waals surface area (Å²) in [6, 6.07) is 0. The SMILES string of the molecule is N=C(N)N(CC(F)(F)F)C(N)=S. The summed E-state index contributed by atoms with van der Waals surface area (Å²) in [5, 5.41) is 6.13. The van der Waals surface area contributed by atoms with E-state index in [1.54, 1.807) is 0 Å². The van der Waals surface area contributed by atoms with Gasteiger partial charge in [0.1, 0.15) is 6.54 Å². The molecule has 0 fully saturated rings. The van der Waals surface area contributed by atoms with Crippen LogP contribution in [0.4, 0.5) is 13.2 Å². The van der Waals surface area contributed by atoms with Crippen LogP contribution in [-0.2, 0) is 0 Å². The second kappa shape index (κ2) is 3.57. The van der Waals surface area contributed by atoms with Crippen LogP contribution in [0.1, 0.15) is 0 Å². The Balaban J connectivity index is 4.35. The Morgan fingerprint density at radius 3 is 1.92 bits per heavy atom. The summed E-state index contributed by atoms with van der Waals surface area (Å²) in [6.45, 7) is -1.43. The quantitative estimate of drug-likeness (QED) is 0.316. The molecular formula is C4H7F3N4S. The average Bonchev–Trinajstić information content (AvgIpc) is 1.79.